The maximum Gasteiger partial charge on any atom is 0.325 e. The molecule has 0 radical (unpaired) electrons. The lowest BCUT2D eigenvalue weighted by molar-refractivity contribution is 0.102. The van der Waals surface area contributed by atoms with E-state index in [1.165, 1.54) is 0 Å². The number of H-pyrrole nitrogens is 1. The van der Waals surface area contributed by atoms with Crippen LogP contribution in [0, 0.1) is 41.5 Å². The van der Waals surface area contributed by atoms with Crippen LogP contribution in [-0.4, -0.2) is 21.9 Å². The highest BCUT2D eigenvalue weighted by molar-refractivity contribution is 7.17. The third-order valence-corrected chi connectivity index (χ3v) is 6.78. The van der Waals surface area contributed by atoms with E-state index in [0.29, 0.717) is 21.4 Å². The van der Waals surface area contributed by atoms with Crippen molar-refractivity contribution < 1.29 is 9.59 Å². The zero-order valence-corrected chi connectivity index (χ0v) is 20.4. The number of hydrogen-bond acceptors (Lipinski definition) is 4. The Morgan fingerprint density at radius 1 is 0.909 bits per heavy atom. The predicted octanol–water partition coefficient (Wildman–Crippen LogP) is 6.37. The summed E-state index contributed by atoms with van der Waals surface area (Å²) in [5.41, 5.74) is 8.49. The SMILES string of the molecule is Cc1cc(C)c(NC(=O)c2sc(NC(=O)Nc3ccc4[nH]c(C)c(C)c4c3)nc2C)c(C)c1. The number of thiazole rings is 1. The zero-order valence-electron chi connectivity index (χ0n) is 19.6. The molecule has 0 aliphatic heterocycles. The van der Waals surface area contributed by atoms with E-state index in [2.05, 4.69) is 25.9 Å². The van der Waals surface area contributed by atoms with Crippen molar-refractivity contribution in [1.82, 2.24) is 9.97 Å². The van der Waals surface area contributed by atoms with Gasteiger partial charge in [0.2, 0.25) is 0 Å². The van der Waals surface area contributed by atoms with Gasteiger partial charge in [0.25, 0.3) is 5.91 Å². The molecule has 4 aromatic rings. The van der Waals surface area contributed by atoms with Crippen molar-refractivity contribution in [3.05, 3.63) is 68.9 Å². The van der Waals surface area contributed by atoms with Gasteiger partial charge in [-0.25, -0.2) is 9.78 Å². The van der Waals surface area contributed by atoms with Crippen molar-refractivity contribution in [2.24, 2.45) is 0 Å². The first kappa shape index (κ1) is 22.5. The quantitative estimate of drug-likeness (QED) is 0.284. The Morgan fingerprint density at radius 2 is 1.61 bits per heavy atom. The second-order valence-electron chi connectivity index (χ2n) is 8.38. The Kier molecular flexibility index (Phi) is 5.95. The molecule has 2 heterocycles. The Bertz CT molecular complexity index is 1380. The molecular formula is C25H27N5O2S. The summed E-state index contributed by atoms with van der Waals surface area (Å²) < 4.78 is 0. The highest BCUT2D eigenvalue weighted by Gasteiger charge is 2.18. The number of benzene rings is 2. The third kappa shape index (κ3) is 4.61. The number of aromatic amines is 1. The van der Waals surface area contributed by atoms with Gasteiger partial charge in [-0.05, 0) is 76.4 Å². The van der Waals surface area contributed by atoms with Crippen molar-refractivity contribution in [2.75, 3.05) is 16.0 Å². The van der Waals surface area contributed by atoms with Crippen LogP contribution >= 0.6 is 11.3 Å². The van der Waals surface area contributed by atoms with Crippen LogP contribution in [0.4, 0.5) is 21.3 Å². The summed E-state index contributed by atoms with van der Waals surface area (Å²) in [6.07, 6.45) is 0. The number of rotatable bonds is 4. The van der Waals surface area contributed by atoms with Crippen LogP contribution in [0.5, 0.6) is 0 Å². The summed E-state index contributed by atoms with van der Waals surface area (Å²) in [5.74, 6) is -0.239. The molecule has 2 aromatic carbocycles. The lowest BCUT2D eigenvalue weighted by atomic mass is 10.1. The fourth-order valence-electron chi connectivity index (χ4n) is 4.01. The zero-order chi connectivity index (χ0) is 23.9. The summed E-state index contributed by atoms with van der Waals surface area (Å²) in [5, 5.41) is 10.00. The lowest BCUT2D eigenvalue weighted by Gasteiger charge is -2.12. The van der Waals surface area contributed by atoms with Crippen LogP contribution in [0.15, 0.2) is 30.3 Å². The third-order valence-electron chi connectivity index (χ3n) is 5.70. The summed E-state index contributed by atoms with van der Waals surface area (Å²) in [4.78, 5) is 33.6. The average Bonchev–Trinajstić information content (AvgIpc) is 3.23. The van der Waals surface area contributed by atoms with Crippen LogP contribution in [0.2, 0.25) is 0 Å². The smallest absolute Gasteiger partial charge is 0.325 e. The molecule has 0 bridgehead atoms. The van der Waals surface area contributed by atoms with E-state index in [1.54, 1.807) is 6.92 Å². The van der Waals surface area contributed by atoms with Crippen LogP contribution in [0.25, 0.3) is 10.9 Å². The molecule has 0 spiro atoms. The normalized spacial score (nSPS) is 11.0. The van der Waals surface area contributed by atoms with E-state index in [-0.39, 0.29) is 5.91 Å². The molecular weight excluding hydrogens is 434 g/mol. The second-order valence-corrected chi connectivity index (χ2v) is 9.37. The molecule has 0 aliphatic rings. The first-order valence-electron chi connectivity index (χ1n) is 10.7. The molecule has 8 heteroatoms. The van der Waals surface area contributed by atoms with Crippen molar-refractivity contribution in [3.8, 4) is 0 Å². The number of hydrogen-bond donors (Lipinski definition) is 4. The van der Waals surface area contributed by atoms with Crippen LogP contribution < -0.4 is 16.0 Å². The number of fused-ring (bicyclic) bond motifs is 1. The highest BCUT2D eigenvalue weighted by atomic mass is 32.1. The largest absolute Gasteiger partial charge is 0.358 e. The van der Waals surface area contributed by atoms with E-state index in [4.69, 9.17) is 0 Å². The van der Waals surface area contributed by atoms with Crippen LogP contribution in [0.1, 0.15) is 43.3 Å². The second kappa shape index (κ2) is 8.71. The number of nitrogens with one attached hydrogen (secondary N) is 4. The van der Waals surface area contributed by atoms with Gasteiger partial charge in [-0.2, -0.15) is 0 Å². The molecule has 0 fully saturated rings. The van der Waals surface area contributed by atoms with Crippen LogP contribution in [-0.2, 0) is 0 Å². The molecule has 0 aliphatic carbocycles. The number of amides is 3. The van der Waals surface area contributed by atoms with Gasteiger partial charge in [0.05, 0.1) is 5.69 Å². The molecule has 2 aromatic heterocycles. The number of urea groups is 1. The number of aromatic nitrogens is 2. The summed E-state index contributed by atoms with van der Waals surface area (Å²) >= 11 is 1.15. The van der Waals surface area contributed by atoms with Gasteiger partial charge in [-0.1, -0.05) is 29.0 Å². The van der Waals surface area contributed by atoms with E-state index in [1.807, 2.05) is 65.0 Å². The molecule has 4 rings (SSSR count). The maximum absolute atomic E-state index is 12.9. The van der Waals surface area contributed by atoms with Crippen molar-refractivity contribution >= 4 is 50.7 Å². The molecule has 7 nitrogen and oxygen atoms in total. The average molecular weight is 462 g/mol. The van der Waals surface area contributed by atoms with Crippen molar-refractivity contribution in [3.63, 3.8) is 0 Å². The standard InChI is InChI=1S/C25H27N5O2S/c1-12-9-13(2)21(14(3)10-12)29-23(31)22-17(6)27-25(33-22)30-24(32)28-18-7-8-20-19(11-18)15(4)16(5)26-20/h7-11,26H,1-6H3,(H,29,31)(H2,27,28,30,32). The number of anilines is 3. The van der Waals surface area contributed by atoms with Gasteiger partial charge in [0.1, 0.15) is 4.88 Å². The Balaban J connectivity index is 1.46. The van der Waals surface area contributed by atoms with Gasteiger partial charge >= 0.3 is 6.03 Å². The molecule has 0 saturated carbocycles. The van der Waals surface area contributed by atoms with Gasteiger partial charge in [0.15, 0.2) is 5.13 Å². The molecule has 0 unspecified atom stereocenters. The molecule has 0 atom stereocenters. The molecule has 0 saturated heterocycles. The summed E-state index contributed by atoms with van der Waals surface area (Å²) in [6.45, 7) is 11.8. The van der Waals surface area contributed by atoms with E-state index in [0.717, 1.165) is 55.9 Å². The van der Waals surface area contributed by atoms with E-state index in [9.17, 15) is 9.59 Å². The Morgan fingerprint density at radius 3 is 2.30 bits per heavy atom. The molecule has 4 N–H and O–H groups in total. The van der Waals surface area contributed by atoms with Gasteiger partial charge in [-0.15, -0.1) is 0 Å². The molecule has 3 amide bonds. The number of aryl methyl sites for hydroxylation is 6. The van der Waals surface area contributed by atoms with Gasteiger partial charge in [-0.3, -0.25) is 10.1 Å². The Labute approximate surface area is 196 Å². The topological polar surface area (TPSA) is 98.9 Å². The Hall–Kier alpha value is -3.65. The fraction of sp³-hybridized carbons (Fsp3) is 0.240. The first-order chi connectivity index (χ1) is 15.6. The summed E-state index contributed by atoms with van der Waals surface area (Å²) in [6, 6.07) is 9.38. The summed E-state index contributed by atoms with van der Waals surface area (Å²) in [7, 11) is 0. The lowest BCUT2D eigenvalue weighted by Crippen LogP contribution is -2.19. The minimum Gasteiger partial charge on any atom is -0.358 e. The minimum atomic E-state index is -0.412. The fourth-order valence-corrected chi connectivity index (χ4v) is 4.86. The number of nitrogens with zero attached hydrogens (tertiary/aromatic N) is 1. The van der Waals surface area contributed by atoms with Gasteiger partial charge < -0.3 is 15.6 Å². The number of carbonyl (C=O) groups excluding carboxylic acids is 2. The van der Waals surface area contributed by atoms with Crippen molar-refractivity contribution in [1.29, 1.82) is 0 Å². The van der Waals surface area contributed by atoms with Crippen LogP contribution in [0.3, 0.4) is 0 Å². The number of carbonyl (C=O) groups is 2. The first-order valence-corrected chi connectivity index (χ1v) is 11.5. The monoisotopic (exact) mass is 461 g/mol. The highest BCUT2D eigenvalue weighted by Crippen LogP contribution is 2.28. The van der Waals surface area contributed by atoms with Gasteiger partial charge in [0, 0.05) is 28.0 Å². The molecule has 33 heavy (non-hydrogen) atoms. The van der Waals surface area contributed by atoms with E-state index >= 15 is 0 Å². The molecule has 170 valence electrons. The predicted molar refractivity (Wildman–Crippen MR) is 136 cm³/mol. The minimum absolute atomic E-state index is 0.239. The van der Waals surface area contributed by atoms with Crippen molar-refractivity contribution in [2.45, 2.75) is 41.5 Å². The van der Waals surface area contributed by atoms with E-state index < -0.39 is 6.03 Å². The maximum atomic E-state index is 12.9.